The molecule has 1 atom stereocenters. The molecule has 0 saturated heterocycles. The molecular formula is C18H20O2. The van der Waals surface area contributed by atoms with E-state index in [9.17, 15) is 9.59 Å². The quantitative estimate of drug-likeness (QED) is 0.306. The average molecular weight is 268 g/mol. The first-order valence-corrected chi connectivity index (χ1v) is 7.40. The largest absolute Gasteiger partial charge is 0.294 e. The predicted molar refractivity (Wildman–Crippen MR) is 79.1 cm³/mol. The first kappa shape index (κ1) is 13.3. The molecule has 20 heavy (non-hydrogen) atoms. The van der Waals surface area contributed by atoms with Crippen molar-refractivity contribution in [2.24, 2.45) is 17.8 Å². The van der Waals surface area contributed by atoms with Crippen molar-refractivity contribution in [1.29, 1.82) is 0 Å². The molecule has 1 unspecified atom stereocenters. The standard InChI is InChI=1S/C18H20O2/c1-5-7-11(6-2)8-12(19)9(3)18(20)17-15-13-10(4)14(13)16(15)17/h5,7,10-11,17H,3,6,8H2,1-2,4H3/b7-5+. The van der Waals surface area contributed by atoms with Gasteiger partial charge >= 0.3 is 0 Å². The van der Waals surface area contributed by atoms with Crippen LogP contribution < -0.4 is 0 Å². The van der Waals surface area contributed by atoms with E-state index in [2.05, 4.69) is 20.4 Å². The van der Waals surface area contributed by atoms with E-state index in [4.69, 9.17) is 0 Å². The highest BCUT2D eigenvalue weighted by Crippen LogP contribution is 2.73. The van der Waals surface area contributed by atoms with Crippen molar-refractivity contribution < 1.29 is 9.59 Å². The predicted octanol–water partition coefficient (Wildman–Crippen LogP) is 3.56. The molecule has 0 radical (unpaired) electrons. The van der Waals surface area contributed by atoms with Crippen LogP contribution in [0.3, 0.4) is 0 Å². The van der Waals surface area contributed by atoms with Crippen molar-refractivity contribution in [1.82, 2.24) is 0 Å². The van der Waals surface area contributed by atoms with Gasteiger partial charge in [0, 0.05) is 12.3 Å². The van der Waals surface area contributed by atoms with Gasteiger partial charge in [-0.15, -0.1) is 0 Å². The van der Waals surface area contributed by atoms with Crippen LogP contribution in [0.15, 0.2) is 46.6 Å². The monoisotopic (exact) mass is 268 g/mol. The van der Waals surface area contributed by atoms with Gasteiger partial charge in [-0.2, -0.15) is 0 Å². The first-order valence-electron chi connectivity index (χ1n) is 7.40. The minimum atomic E-state index is -0.0934. The molecule has 0 N–H and O–H groups in total. The molecular weight excluding hydrogens is 248 g/mol. The molecule has 0 aromatic heterocycles. The van der Waals surface area contributed by atoms with Gasteiger partial charge in [0.25, 0.3) is 0 Å². The van der Waals surface area contributed by atoms with E-state index in [1.807, 2.05) is 19.1 Å². The highest BCUT2D eigenvalue weighted by molar-refractivity contribution is 6.25. The maximum atomic E-state index is 12.3. The maximum Gasteiger partial charge on any atom is 0.177 e. The zero-order valence-corrected chi connectivity index (χ0v) is 12.3. The van der Waals surface area contributed by atoms with Crippen molar-refractivity contribution in [3.63, 3.8) is 0 Å². The second-order valence-electron chi connectivity index (χ2n) is 5.97. The third kappa shape index (κ3) is 1.71. The van der Waals surface area contributed by atoms with Crippen molar-refractivity contribution in [2.45, 2.75) is 33.6 Å². The molecule has 104 valence electrons. The molecule has 3 rings (SSSR count). The Labute approximate surface area is 119 Å². The molecule has 0 bridgehead atoms. The molecule has 3 aliphatic rings. The number of allylic oxidation sites excluding steroid dienone is 7. The summed E-state index contributed by atoms with van der Waals surface area (Å²) in [4.78, 5) is 24.5. The third-order valence-corrected chi connectivity index (χ3v) is 4.77. The normalized spacial score (nSPS) is 21.6. The van der Waals surface area contributed by atoms with Crippen LogP contribution in [0.1, 0.15) is 33.6 Å². The minimum absolute atomic E-state index is 0.0604. The average Bonchev–Trinajstić information content (AvgIpc) is 3.20. The van der Waals surface area contributed by atoms with Gasteiger partial charge in [-0.05, 0) is 41.6 Å². The van der Waals surface area contributed by atoms with Crippen LogP contribution in [0.25, 0.3) is 0 Å². The molecule has 0 heterocycles. The van der Waals surface area contributed by atoms with E-state index in [1.54, 1.807) is 0 Å². The molecule has 0 amide bonds. The number of carbonyl (C=O) groups is 2. The summed E-state index contributed by atoms with van der Waals surface area (Å²) >= 11 is 0. The summed E-state index contributed by atoms with van der Waals surface area (Å²) in [5.41, 5.74) is 5.43. The highest BCUT2D eigenvalue weighted by Gasteiger charge is 2.64. The number of fused-ring (bicyclic) bond motifs is 2. The Kier molecular flexibility index (Phi) is 2.93. The van der Waals surface area contributed by atoms with Crippen LogP contribution in [-0.4, -0.2) is 11.6 Å². The van der Waals surface area contributed by atoms with E-state index in [0.717, 1.165) is 6.42 Å². The molecule has 3 aliphatic carbocycles. The Hall–Kier alpha value is -1.70. The Morgan fingerprint density at radius 2 is 1.85 bits per heavy atom. The summed E-state index contributed by atoms with van der Waals surface area (Å²) < 4.78 is 0. The Morgan fingerprint density at radius 1 is 1.25 bits per heavy atom. The van der Waals surface area contributed by atoms with Crippen LogP contribution in [-0.2, 0) is 9.59 Å². The summed E-state index contributed by atoms with van der Waals surface area (Å²) in [5.74, 6) is 0.561. The van der Waals surface area contributed by atoms with E-state index in [1.165, 1.54) is 22.3 Å². The summed E-state index contributed by atoms with van der Waals surface area (Å²) in [6.07, 6.45) is 5.29. The SMILES string of the molecule is C=C(C(=O)CC(/C=C/C)CC)C(=O)C1C2=C1C1=C2C1C. The summed E-state index contributed by atoms with van der Waals surface area (Å²) in [6.45, 7) is 9.92. The Balaban J connectivity index is 1.55. The fourth-order valence-corrected chi connectivity index (χ4v) is 3.41. The van der Waals surface area contributed by atoms with Crippen LogP contribution in [0, 0.1) is 17.8 Å². The first-order chi connectivity index (χ1) is 9.52. The fourth-order valence-electron chi connectivity index (χ4n) is 3.41. The molecule has 0 aromatic carbocycles. The third-order valence-electron chi connectivity index (χ3n) is 4.77. The van der Waals surface area contributed by atoms with E-state index in [0.29, 0.717) is 12.3 Å². The van der Waals surface area contributed by atoms with Gasteiger partial charge in [-0.1, -0.05) is 32.6 Å². The van der Waals surface area contributed by atoms with Crippen molar-refractivity contribution in [3.8, 4) is 0 Å². The maximum absolute atomic E-state index is 12.3. The van der Waals surface area contributed by atoms with Crippen LogP contribution >= 0.6 is 0 Å². The van der Waals surface area contributed by atoms with Gasteiger partial charge in [0.2, 0.25) is 0 Å². The highest BCUT2D eigenvalue weighted by atomic mass is 16.1. The lowest BCUT2D eigenvalue weighted by molar-refractivity contribution is -0.122. The number of hydrogen-bond donors (Lipinski definition) is 0. The van der Waals surface area contributed by atoms with E-state index in [-0.39, 0.29) is 29.0 Å². The smallest absolute Gasteiger partial charge is 0.177 e. The number of carbonyl (C=O) groups excluding carboxylic acids is 2. The molecule has 0 spiro atoms. The van der Waals surface area contributed by atoms with Crippen molar-refractivity contribution in [2.75, 3.05) is 0 Å². The summed E-state index contributed by atoms with van der Waals surface area (Å²) in [6, 6.07) is 0. The number of hydrogen-bond acceptors (Lipinski definition) is 2. The van der Waals surface area contributed by atoms with Gasteiger partial charge in [0.15, 0.2) is 11.6 Å². The second-order valence-corrected chi connectivity index (χ2v) is 5.97. The lowest BCUT2D eigenvalue weighted by atomic mass is 9.92. The lowest BCUT2D eigenvalue weighted by Gasteiger charge is -2.10. The van der Waals surface area contributed by atoms with Crippen molar-refractivity contribution in [3.05, 3.63) is 46.6 Å². The number of ketones is 2. The van der Waals surface area contributed by atoms with Gasteiger partial charge in [-0.3, -0.25) is 9.59 Å². The van der Waals surface area contributed by atoms with E-state index < -0.39 is 0 Å². The summed E-state index contributed by atoms with van der Waals surface area (Å²) in [7, 11) is 0. The molecule has 0 aromatic rings. The van der Waals surface area contributed by atoms with Crippen molar-refractivity contribution >= 4 is 11.6 Å². The fraction of sp³-hybridized carbons (Fsp3) is 0.444. The lowest BCUT2D eigenvalue weighted by Crippen LogP contribution is -2.17. The zero-order chi connectivity index (χ0) is 14.6. The van der Waals surface area contributed by atoms with Crippen LogP contribution in [0.4, 0.5) is 0 Å². The van der Waals surface area contributed by atoms with Gasteiger partial charge < -0.3 is 0 Å². The van der Waals surface area contributed by atoms with Gasteiger partial charge in [0.1, 0.15) is 0 Å². The Bertz CT molecular complexity index is 604. The molecule has 2 nitrogen and oxygen atoms in total. The molecule has 0 saturated carbocycles. The number of rotatable bonds is 7. The molecule has 2 heteroatoms. The van der Waals surface area contributed by atoms with Gasteiger partial charge in [0.05, 0.1) is 11.5 Å². The Morgan fingerprint density at radius 3 is 2.35 bits per heavy atom. The summed E-state index contributed by atoms with van der Waals surface area (Å²) in [5, 5.41) is 0. The topological polar surface area (TPSA) is 34.1 Å². The molecule has 0 fully saturated rings. The van der Waals surface area contributed by atoms with Gasteiger partial charge in [-0.25, -0.2) is 0 Å². The zero-order valence-electron chi connectivity index (χ0n) is 12.3. The van der Waals surface area contributed by atoms with E-state index >= 15 is 0 Å². The van der Waals surface area contributed by atoms with Crippen LogP contribution in [0.5, 0.6) is 0 Å². The minimum Gasteiger partial charge on any atom is -0.294 e. The second kappa shape index (κ2) is 4.41. The molecule has 0 aliphatic heterocycles. The number of Topliss-reactive ketones (excluding diaryl/α,β-unsaturated/α-hetero) is 2. The van der Waals surface area contributed by atoms with Crippen LogP contribution in [0.2, 0.25) is 0 Å².